The van der Waals surface area contributed by atoms with Gasteiger partial charge in [0.15, 0.2) is 12.2 Å². The molecule has 42 heavy (non-hydrogen) atoms. The predicted octanol–water partition coefficient (Wildman–Crippen LogP) is -0.949. The summed E-state index contributed by atoms with van der Waals surface area (Å²) in [6, 6.07) is 17.6. The van der Waals surface area contributed by atoms with Gasteiger partial charge in [0.1, 0.15) is 23.0 Å². The van der Waals surface area contributed by atoms with Crippen molar-refractivity contribution in [2.24, 2.45) is 22.3 Å². The molecule has 0 aromatic heterocycles. The monoisotopic (exact) mass is 578 g/mol. The zero-order valence-corrected chi connectivity index (χ0v) is 22.9. The Balaban J connectivity index is 1.01. The summed E-state index contributed by atoms with van der Waals surface area (Å²) in [6.07, 6.45) is -5.91. The van der Waals surface area contributed by atoms with Gasteiger partial charge in [-0.3, -0.25) is 9.59 Å². The molecule has 2 amide bonds. The molecule has 2 aromatic rings. The number of nitrogens with zero attached hydrogens (tertiary/aromatic N) is 2. The van der Waals surface area contributed by atoms with Crippen LogP contribution in [-0.4, -0.2) is 93.4 Å². The molecule has 6 unspecified atom stereocenters. The fraction of sp³-hybridized carbons (Fsp3) is 0.467. The van der Waals surface area contributed by atoms with E-state index in [1.807, 2.05) is 60.7 Å². The molecule has 4 aliphatic rings. The van der Waals surface area contributed by atoms with Crippen LogP contribution in [0.25, 0.3) is 0 Å². The van der Waals surface area contributed by atoms with Crippen LogP contribution < -0.4 is 11.5 Å². The summed E-state index contributed by atoms with van der Waals surface area (Å²) >= 11 is 0. The summed E-state index contributed by atoms with van der Waals surface area (Å²) in [7, 11) is 0. The summed E-state index contributed by atoms with van der Waals surface area (Å²) in [4.78, 5) is 54.9. The molecule has 2 saturated heterocycles. The standard InChI is InChI=1S/C30H34N4O8/c31-19-15-33(13-17-7-3-1-4-8-17)27(39)29(19)11-21(29)41-25(37)23(35)24(36)26(38)42-22-12-30(22)20(32)16-34(28(30)40)14-18-9-5-2-6-10-18/h1-10,19-24,35-36H,11-16,31-32H2/t19-,20-,21?,22?,23?,24?,29?,30?/m0/s1. The van der Waals surface area contributed by atoms with Gasteiger partial charge in [-0.15, -0.1) is 0 Å². The van der Waals surface area contributed by atoms with Gasteiger partial charge in [0.05, 0.1) is 0 Å². The first-order valence-corrected chi connectivity index (χ1v) is 14.0. The number of nitrogens with two attached hydrogens (primary N) is 2. The maximum atomic E-state index is 13.2. The van der Waals surface area contributed by atoms with E-state index in [0.717, 1.165) is 11.1 Å². The summed E-state index contributed by atoms with van der Waals surface area (Å²) in [5, 5.41) is 20.8. The maximum absolute atomic E-state index is 13.2. The number of esters is 2. The first kappa shape index (κ1) is 28.3. The minimum atomic E-state index is -2.25. The number of carbonyl (C=O) groups excluding carboxylic acids is 4. The lowest BCUT2D eigenvalue weighted by Crippen LogP contribution is -2.44. The van der Waals surface area contributed by atoms with Crippen LogP contribution >= 0.6 is 0 Å². The fourth-order valence-electron chi connectivity index (χ4n) is 6.45. The Bertz CT molecular complexity index is 1290. The molecule has 0 radical (unpaired) electrons. The number of carbonyl (C=O) groups is 4. The third-order valence-corrected chi connectivity index (χ3v) is 9.13. The molecule has 2 heterocycles. The van der Waals surface area contributed by atoms with Crippen LogP contribution in [0.2, 0.25) is 0 Å². The third kappa shape index (κ3) is 4.64. The van der Waals surface area contributed by atoms with Crippen LogP contribution in [0.1, 0.15) is 24.0 Å². The second kappa shape index (κ2) is 10.5. The smallest absolute Gasteiger partial charge is 0.338 e. The zero-order valence-electron chi connectivity index (χ0n) is 22.9. The van der Waals surface area contributed by atoms with E-state index in [4.69, 9.17) is 20.9 Å². The zero-order chi connectivity index (χ0) is 29.8. The fourth-order valence-corrected chi connectivity index (χ4v) is 6.45. The van der Waals surface area contributed by atoms with E-state index in [1.165, 1.54) is 0 Å². The first-order chi connectivity index (χ1) is 20.1. The van der Waals surface area contributed by atoms with Gasteiger partial charge in [-0.25, -0.2) is 9.59 Å². The van der Waals surface area contributed by atoms with Gasteiger partial charge in [-0.2, -0.15) is 0 Å². The van der Waals surface area contributed by atoms with Gasteiger partial charge in [-0.1, -0.05) is 60.7 Å². The second-order valence-electron chi connectivity index (χ2n) is 11.8. The van der Waals surface area contributed by atoms with Gasteiger partial charge >= 0.3 is 11.9 Å². The Morgan fingerprint density at radius 3 is 1.45 bits per heavy atom. The lowest BCUT2D eigenvalue weighted by molar-refractivity contribution is -0.176. The maximum Gasteiger partial charge on any atom is 0.338 e. The second-order valence-corrected chi connectivity index (χ2v) is 11.8. The number of amides is 2. The highest BCUT2D eigenvalue weighted by Gasteiger charge is 2.72. The third-order valence-electron chi connectivity index (χ3n) is 9.13. The number of rotatable bonds is 9. The van der Waals surface area contributed by atoms with Crippen molar-refractivity contribution < 1.29 is 38.9 Å². The molecule has 12 heteroatoms. The molecular weight excluding hydrogens is 544 g/mol. The molecule has 4 fully saturated rings. The molecule has 12 nitrogen and oxygen atoms in total. The highest BCUT2D eigenvalue weighted by molar-refractivity contribution is 5.93. The minimum absolute atomic E-state index is 0.182. The van der Waals surface area contributed by atoms with E-state index in [0.29, 0.717) is 13.1 Å². The molecule has 6 rings (SSSR count). The van der Waals surface area contributed by atoms with Crippen molar-refractivity contribution in [2.45, 2.75) is 62.4 Å². The van der Waals surface area contributed by atoms with E-state index in [1.54, 1.807) is 9.80 Å². The van der Waals surface area contributed by atoms with Crippen LogP contribution in [0.4, 0.5) is 0 Å². The molecule has 222 valence electrons. The first-order valence-electron chi connectivity index (χ1n) is 14.0. The van der Waals surface area contributed by atoms with E-state index in [9.17, 15) is 29.4 Å². The van der Waals surface area contributed by atoms with E-state index in [2.05, 4.69) is 0 Å². The Morgan fingerprint density at radius 1 is 0.738 bits per heavy atom. The van der Waals surface area contributed by atoms with Crippen molar-refractivity contribution in [2.75, 3.05) is 13.1 Å². The highest BCUT2D eigenvalue weighted by Crippen LogP contribution is 2.56. The molecule has 2 spiro atoms. The van der Waals surface area contributed by atoms with Crippen LogP contribution in [0.3, 0.4) is 0 Å². The Kier molecular flexibility index (Phi) is 7.04. The molecular formula is C30H34N4O8. The normalized spacial score (nSPS) is 32.8. The van der Waals surface area contributed by atoms with Crippen LogP contribution in [0, 0.1) is 10.8 Å². The van der Waals surface area contributed by atoms with Gasteiger partial charge in [0, 0.05) is 51.1 Å². The number of likely N-dealkylation sites (tertiary alicyclic amines) is 2. The lowest BCUT2D eigenvalue weighted by Gasteiger charge is -2.19. The molecule has 2 saturated carbocycles. The van der Waals surface area contributed by atoms with Crippen LogP contribution in [0.15, 0.2) is 60.7 Å². The number of hydrogen-bond acceptors (Lipinski definition) is 10. The minimum Gasteiger partial charge on any atom is -0.459 e. The topological polar surface area (TPSA) is 186 Å². The molecule has 2 aromatic carbocycles. The summed E-state index contributed by atoms with van der Waals surface area (Å²) in [5.41, 5.74) is 12.2. The molecule has 2 aliphatic heterocycles. The van der Waals surface area contributed by atoms with E-state index >= 15 is 0 Å². The van der Waals surface area contributed by atoms with Crippen molar-refractivity contribution in [1.82, 2.24) is 9.80 Å². The average Bonchev–Trinajstić information content (AvgIpc) is 3.86. The van der Waals surface area contributed by atoms with Gasteiger partial charge < -0.3 is 41.0 Å². The van der Waals surface area contributed by atoms with Crippen molar-refractivity contribution in [3.63, 3.8) is 0 Å². The predicted molar refractivity (Wildman–Crippen MR) is 146 cm³/mol. The van der Waals surface area contributed by atoms with Crippen LogP contribution in [-0.2, 0) is 41.7 Å². The number of benzene rings is 2. The number of aliphatic hydroxyl groups excluding tert-OH is 2. The summed E-state index contributed by atoms with van der Waals surface area (Å²) in [6.45, 7) is 1.29. The van der Waals surface area contributed by atoms with E-state index < -0.39 is 59.3 Å². The van der Waals surface area contributed by atoms with Gasteiger partial charge in [0.2, 0.25) is 11.8 Å². The van der Waals surface area contributed by atoms with E-state index in [-0.39, 0.29) is 37.7 Å². The quantitative estimate of drug-likeness (QED) is 0.270. The van der Waals surface area contributed by atoms with Crippen molar-refractivity contribution in [1.29, 1.82) is 0 Å². The summed E-state index contributed by atoms with van der Waals surface area (Å²) in [5.74, 6) is -3.03. The van der Waals surface area contributed by atoms with Gasteiger partial charge in [0.25, 0.3) is 0 Å². The lowest BCUT2D eigenvalue weighted by atomic mass is 10.0. The Morgan fingerprint density at radius 2 is 1.10 bits per heavy atom. The van der Waals surface area contributed by atoms with Crippen molar-refractivity contribution in [3.05, 3.63) is 71.8 Å². The Labute approximate surface area is 242 Å². The molecule has 2 aliphatic carbocycles. The molecule has 6 N–H and O–H groups in total. The van der Waals surface area contributed by atoms with Crippen molar-refractivity contribution in [3.8, 4) is 0 Å². The molecule has 0 bridgehead atoms. The van der Waals surface area contributed by atoms with Crippen molar-refractivity contribution >= 4 is 23.8 Å². The SMILES string of the molecule is N[C@H]1CN(Cc2ccccc2)C(=O)C12CC2OC(=O)C(O)C(O)C(=O)OC1CC12C(=O)N(Cc1ccccc1)C[C@@H]2N. The average molecular weight is 579 g/mol. The number of hydrogen-bond donors (Lipinski definition) is 4. The Hall–Kier alpha value is -3.84. The van der Waals surface area contributed by atoms with Crippen LogP contribution in [0.5, 0.6) is 0 Å². The largest absolute Gasteiger partial charge is 0.459 e. The van der Waals surface area contributed by atoms with Gasteiger partial charge in [-0.05, 0) is 11.1 Å². The summed E-state index contributed by atoms with van der Waals surface area (Å²) < 4.78 is 10.7. The number of ether oxygens (including phenoxy) is 2. The number of aliphatic hydroxyl groups is 2. The molecule has 8 atom stereocenters. The highest BCUT2D eigenvalue weighted by atomic mass is 16.6.